The minimum Gasteiger partial charge on any atom is -0.481 e. The number of fused-ring (bicyclic) bond motifs is 1. The van der Waals surface area contributed by atoms with E-state index >= 15 is 0 Å². The first kappa shape index (κ1) is 28.2. The van der Waals surface area contributed by atoms with Gasteiger partial charge in [-0.15, -0.1) is 0 Å². The van der Waals surface area contributed by atoms with E-state index in [0.29, 0.717) is 33.7 Å². The molecule has 1 fully saturated rings. The van der Waals surface area contributed by atoms with E-state index in [0.717, 1.165) is 19.3 Å². The highest BCUT2D eigenvalue weighted by atomic mass is 16.4. The Balaban J connectivity index is 1.42. The molecule has 0 radical (unpaired) electrons. The molecule has 5 rings (SSSR count). The third-order valence-electron chi connectivity index (χ3n) is 8.24. The third kappa shape index (κ3) is 6.88. The minimum absolute atomic E-state index is 0.0173. The Morgan fingerprint density at radius 2 is 1.37 bits per heavy atom. The largest absolute Gasteiger partial charge is 0.481 e. The van der Waals surface area contributed by atoms with Crippen molar-refractivity contribution in [3.8, 4) is 0 Å². The van der Waals surface area contributed by atoms with Crippen molar-refractivity contribution in [2.75, 3.05) is 6.54 Å². The van der Waals surface area contributed by atoms with Crippen molar-refractivity contribution in [2.45, 2.75) is 63.7 Å². The molecule has 1 amide bonds. The van der Waals surface area contributed by atoms with Crippen LogP contribution in [0.4, 0.5) is 0 Å². The van der Waals surface area contributed by atoms with Gasteiger partial charge in [-0.05, 0) is 84.6 Å². The first-order chi connectivity index (χ1) is 19.9. The number of carbonyl (C=O) groups is 4. The first-order valence-corrected chi connectivity index (χ1v) is 14.5. The number of Topliss-reactive ketones (excluding diaryl/α,β-unsaturated/α-hetero) is 1. The van der Waals surface area contributed by atoms with Crippen LogP contribution in [0.3, 0.4) is 0 Å². The van der Waals surface area contributed by atoms with Gasteiger partial charge in [0.25, 0.3) is 5.91 Å². The van der Waals surface area contributed by atoms with Crippen molar-refractivity contribution in [1.82, 2.24) is 5.32 Å². The Labute approximate surface area is 240 Å². The quantitative estimate of drug-likeness (QED) is 0.220. The van der Waals surface area contributed by atoms with Crippen molar-refractivity contribution in [3.63, 3.8) is 0 Å². The average molecular weight is 550 g/mol. The monoisotopic (exact) mass is 549 g/mol. The van der Waals surface area contributed by atoms with Crippen molar-refractivity contribution < 1.29 is 24.3 Å². The number of allylic oxidation sites excluding steroid dienone is 2. The summed E-state index contributed by atoms with van der Waals surface area (Å²) in [7, 11) is 0. The SMILES string of the molecule is O=C(O)CCNC(=O)c1ccc(C(=O)/C(=C\C(=O)c2ccc3c(c2)CCC3)c2ccc(C3CCCCC3)cc2)cc1. The zero-order valence-corrected chi connectivity index (χ0v) is 23.2. The van der Waals surface area contributed by atoms with Crippen LogP contribution >= 0.6 is 0 Å². The molecule has 0 saturated heterocycles. The van der Waals surface area contributed by atoms with E-state index in [1.807, 2.05) is 30.3 Å². The van der Waals surface area contributed by atoms with Gasteiger partial charge in [-0.2, -0.15) is 0 Å². The normalized spacial score (nSPS) is 15.3. The Morgan fingerprint density at radius 1 is 0.732 bits per heavy atom. The maximum Gasteiger partial charge on any atom is 0.305 e. The highest BCUT2D eigenvalue weighted by Gasteiger charge is 2.21. The molecule has 2 N–H and O–H groups in total. The molecule has 0 aliphatic heterocycles. The van der Waals surface area contributed by atoms with Crippen LogP contribution in [-0.2, 0) is 17.6 Å². The molecule has 41 heavy (non-hydrogen) atoms. The maximum atomic E-state index is 13.8. The first-order valence-electron chi connectivity index (χ1n) is 14.5. The smallest absolute Gasteiger partial charge is 0.305 e. The molecule has 3 aromatic carbocycles. The molecule has 6 nitrogen and oxygen atoms in total. The van der Waals surface area contributed by atoms with Crippen molar-refractivity contribution >= 4 is 29.0 Å². The zero-order valence-electron chi connectivity index (χ0n) is 23.2. The summed E-state index contributed by atoms with van der Waals surface area (Å²) < 4.78 is 0. The molecule has 3 aromatic rings. The number of carbonyl (C=O) groups excluding carboxylic acids is 3. The second kappa shape index (κ2) is 12.9. The molecule has 2 aliphatic carbocycles. The van der Waals surface area contributed by atoms with Crippen LogP contribution in [-0.4, -0.2) is 35.1 Å². The van der Waals surface area contributed by atoms with Gasteiger partial charge in [-0.25, -0.2) is 0 Å². The van der Waals surface area contributed by atoms with Crippen LogP contribution in [0.2, 0.25) is 0 Å². The van der Waals surface area contributed by atoms with Crippen LogP contribution in [0, 0.1) is 0 Å². The number of aryl methyl sites for hydroxylation is 2. The Kier molecular flexibility index (Phi) is 8.88. The van der Waals surface area contributed by atoms with E-state index in [1.54, 1.807) is 12.1 Å². The van der Waals surface area contributed by atoms with Gasteiger partial charge < -0.3 is 10.4 Å². The lowest BCUT2D eigenvalue weighted by Gasteiger charge is -2.22. The number of ketones is 2. The van der Waals surface area contributed by atoms with Crippen molar-refractivity contribution in [1.29, 1.82) is 0 Å². The standard InChI is InChI=1S/C35H35NO5/c37-32(30-18-11-24-7-4-8-29(24)21-30)22-31(26-12-9-25(10-13-26)23-5-2-1-3-6-23)34(40)27-14-16-28(17-15-27)35(41)36-20-19-33(38)39/h9-18,21-23H,1-8,19-20H2,(H,36,41)(H,38,39)/b31-22-. The molecule has 0 heterocycles. The average Bonchev–Trinajstić information content (AvgIpc) is 3.48. The van der Waals surface area contributed by atoms with Gasteiger partial charge >= 0.3 is 5.97 Å². The number of nitrogens with one attached hydrogen (secondary N) is 1. The number of carboxylic acids is 1. The summed E-state index contributed by atoms with van der Waals surface area (Å²) >= 11 is 0. The van der Waals surface area contributed by atoms with Gasteiger partial charge in [0.05, 0.1) is 6.42 Å². The van der Waals surface area contributed by atoms with E-state index in [4.69, 9.17) is 5.11 Å². The number of rotatable bonds is 10. The summed E-state index contributed by atoms with van der Waals surface area (Å²) in [6.07, 6.45) is 10.5. The van der Waals surface area contributed by atoms with E-state index in [-0.39, 0.29) is 24.5 Å². The highest BCUT2D eigenvalue weighted by molar-refractivity contribution is 6.32. The van der Waals surface area contributed by atoms with E-state index < -0.39 is 11.9 Å². The molecule has 1 saturated carbocycles. The molecule has 2 aliphatic rings. The molecular formula is C35H35NO5. The fraction of sp³-hybridized carbons (Fsp3) is 0.314. The molecule has 0 bridgehead atoms. The van der Waals surface area contributed by atoms with Crippen LogP contribution in [0.5, 0.6) is 0 Å². The number of hydrogen-bond donors (Lipinski definition) is 2. The Bertz CT molecular complexity index is 1480. The zero-order chi connectivity index (χ0) is 28.8. The number of amides is 1. The molecular weight excluding hydrogens is 514 g/mol. The molecule has 0 aromatic heterocycles. The fourth-order valence-corrected chi connectivity index (χ4v) is 5.90. The second-order valence-electron chi connectivity index (χ2n) is 11.0. The molecule has 0 spiro atoms. The summed E-state index contributed by atoms with van der Waals surface area (Å²) in [5.41, 5.74) is 5.99. The summed E-state index contributed by atoms with van der Waals surface area (Å²) in [5.74, 6) is -1.39. The predicted molar refractivity (Wildman–Crippen MR) is 158 cm³/mol. The number of hydrogen-bond acceptors (Lipinski definition) is 4. The number of benzene rings is 3. The van der Waals surface area contributed by atoms with E-state index in [1.165, 1.54) is 67.0 Å². The number of carboxylic acid groups (broad SMARTS) is 1. The molecule has 0 atom stereocenters. The van der Waals surface area contributed by atoms with Gasteiger partial charge in [0.1, 0.15) is 0 Å². The summed E-state index contributed by atoms with van der Waals surface area (Å²) in [5, 5.41) is 11.3. The Hall–Kier alpha value is -4.32. The predicted octanol–water partition coefficient (Wildman–Crippen LogP) is 6.58. The van der Waals surface area contributed by atoms with Gasteiger partial charge in [-0.3, -0.25) is 19.2 Å². The highest BCUT2D eigenvalue weighted by Crippen LogP contribution is 2.33. The number of aliphatic carboxylic acids is 1. The van der Waals surface area contributed by atoms with E-state index in [9.17, 15) is 19.2 Å². The van der Waals surface area contributed by atoms with Gasteiger partial charge in [0, 0.05) is 28.8 Å². The lowest BCUT2D eigenvalue weighted by atomic mass is 9.83. The van der Waals surface area contributed by atoms with Crippen molar-refractivity contribution in [2.24, 2.45) is 0 Å². The van der Waals surface area contributed by atoms with Crippen LogP contribution < -0.4 is 5.32 Å². The van der Waals surface area contributed by atoms with Crippen LogP contribution in [0.1, 0.15) is 104 Å². The summed E-state index contributed by atoms with van der Waals surface area (Å²) in [4.78, 5) is 50.4. The lowest BCUT2D eigenvalue weighted by Crippen LogP contribution is -2.26. The molecule has 0 unspecified atom stereocenters. The molecule has 6 heteroatoms. The third-order valence-corrected chi connectivity index (χ3v) is 8.24. The lowest BCUT2D eigenvalue weighted by molar-refractivity contribution is -0.136. The van der Waals surface area contributed by atoms with Gasteiger partial charge in [0.15, 0.2) is 11.6 Å². The maximum absolute atomic E-state index is 13.8. The van der Waals surface area contributed by atoms with Gasteiger partial charge in [0.2, 0.25) is 0 Å². The summed E-state index contributed by atoms with van der Waals surface area (Å²) in [6, 6.07) is 20.1. The molecule has 210 valence electrons. The second-order valence-corrected chi connectivity index (χ2v) is 11.0. The fourth-order valence-electron chi connectivity index (χ4n) is 5.90. The Morgan fingerprint density at radius 3 is 2.07 bits per heavy atom. The minimum atomic E-state index is -0.994. The topological polar surface area (TPSA) is 101 Å². The van der Waals surface area contributed by atoms with Crippen molar-refractivity contribution in [3.05, 3.63) is 112 Å². The van der Waals surface area contributed by atoms with Crippen LogP contribution in [0.25, 0.3) is 5.57 Å². The summed E-state index contributed by atoms with van der Waals surface area (Å²) in [6.45, 7) is 0.0173. The van der Waals surface area contributed by atoms with Gasteiger partial charge in [-0.1, -0.05) is 67.8 Å². The van der Waals surface area contributed by atoms with E-state index in [2.05, 4.69) is 17.4 Å². The van der Waals surface area contributed by atoms with Crippen LogP contribution in [0.15, 0.2) is 72.8 Å².